The fraction of sp³-hybridized carbons (Fsp3) is 0.391. The van der Waals surface area contributed by atoms with Gasteiger partial charge in [0.15, 0.2) is 11.5 Å². The van der Waals surface area contributed by atoms with Gasteiger partial charge in [-0.15, -0.1) is 0 Å². The van der Waals surface area contributed by atoms with Gasteiger partial charge in [-0.3, -0.25) is 9.36 Å². The second-order valence-corrected chi connectivity index (χ2v) is 9.02. The van der Waals surface area contributed by atoms with E-state index in [1.54, 1.807) is 11.0 Å². The molecular weight excluding hydrogens is 477 g/mol. The van der Waals surface area contributed by atoms with Crippen LogP contribution in [0.3, 0.4) is 0 Å². The van der Waals surface area contributed by atoms with E-state index < -0.39 is 24.2 Å². The summed E-state index contributed by atoms with van der Waals surface area (Å²) in [6.07, 6.45) is 2.79. The number of amides is 1. The number of carbonyl (C=O) groups is 1. The minimum Gasteiger partial charge on any atom is -0.474 e. The zero-order valence-corrected chi connectivity index (χ0v) is 19.1. The molecule has 0 aliphatic carbocycles. The maximum atomic E-state index is 13.0. The van der Waals surface area contributed by atoms with Crippen LogP contribution in [0.2, 0.25) is 0 Å². The van der Waals surface area contributed by atoms with E-state index in [2.05, 4.69) is 25.0 Å². The van der Waals surface area contributed by atoms with Crippen molar-refractivity contribution >= 4 is 16.9 Å². The molecule has 0 saturated carbocycles. The van der Waals surface area contributed by atoms with Crippen molar-refractivity contribution in [1.29, 1.82) is 0 Å². The van der Waals surface area contributed by atoms with Crippen LogP contribution in [-0.4, -0.2) is 69.5 Å². The zero-order valence-electron chi connectivity index (χ0n) is 19.1. The lowest BCUT2D eigenvalue weighted by Crippen LogP contribution is -2.53. The van der Waals surface area contributed by atoms with Crippen molar-refractivity contribution in [1.82, 2.24) is 39.2 Å². The lowest BCUT2D eigenvalue weighted by Gasteiger charge is -2.38. The number of fused-ring (bicyclic) bond motifs is 3. The second kappa shape index (κ2) is 8.28. The minimum atomic E-state index is -4.86. The highest BCUT2D eigenvalue weighted by Gasteiger charge is 2.52. The number of aryl methyl sites for hydroxylation is 1. The number of hydrogen-bond acceptors (Lipinski definition) is 7. The molecule has 2 saturated heterocycles. The fourth-order valence-corrected chi connectivity index (χ4v) is 5.32. The van der Waals surface area contributed by atoms with Crippen LogP contribution in [-0.2, 0) is 4.79 Å². The van der Waals surface area contributed by atoms with Gasteiger partial charge in [-0.25, -0.2) is 24.6 Å². The van der Waals surface area contributed by atoms with Crippen molar-refractivity contribution < 1.29 is 22.7 Å². The maximum absolute atomic E-state index is 13.0. The summed E-state index contributed by atoms with van der Waals surface area (Å²) in [6, 6.07) is 4.61. The molecule has 0 N–H and O–H groups in total. The third-order valence-corrected chi connectivity index (χ3v) is 6.85. The fourth-order valence-electron chi connectivity index (χ4n) is 5.32. The van der Waals surface area contributed by atoms with Crippen molar-refractivity contribution in [2.75, 3.05) is 0 Å². The Bertz CT molecular complexity index is 1420. The van der Waals surface area contributed by atoms with Crippen LogP contribution in [0.25, 0.3) is 22.5 Å². The van der Waals surface area contributed by atoms with Crippen LogP contribution in [0.1, 0.15) is 31.4 Å². The molecular formula is C23H21F3N8O2. The standard InChI is InChI=1S/C23H21F3N8O2/c1-13-18(4-5-19(31-13)33-12-27-10-30-33)32-7-6-17-20(32)28-11-29-21(17)36-16-8-14-2-3-15(9-16)34(14)22(35)23(24,25)26/h4-7,10-12,14-16H,2-3,8-9H2,1H3/t14-,15?,16?/m0/s1. The van der Waals surface area contributed by atoms with E-state index in [9.17, 15) is 18.0 Å². The van der Waals surface area contributed by atoms with E-state index in [1.807, 2.05) is 35.9 Å². The quantitative estimate of drug-likeness (QED) is 0.426. The molecule has 13 heteroatoms. The molecule has 186 valence electrons. The molecule has 6 rings (SSSR count). The van der Waals surface area contributed by atoms with Crippen LogP contribution in [0.15, 0.2) is 43.4 Å². The summed E-state index contributed by atoms with van der Waals surface area (Å²) in [6.45, 7) is 1.88. The lowest BCUT2D eigenvalue weighted by atomic mass is 9.99. The molecule has 2 aliphatic rings. The topological polar surface area (TPSA) is 104 Å². The van der Waals surface area contributed by atoms with Crippen LogP contribution >= 0.6 is 0 Å². The molecule has 2 aliphatic heterocycles. The van der Waals surface area contributed by atoms with Crippen molar-refractivity contribution in [3.05, 3.63) is 49.1 Å². The molecule has 4 aromatic heterocycles. The van der Waals surface area contributed by atoms with Gasteiger partial charge < -0.3 is 9.64 Å². The van der Waals surface area contributed by atoms with Gasteiger partial charge in [0.1, 0.15) is 25.1 Å². The highest BCUT2D eigenvalue weighted by molar-refractivity contribution is 5.83. The van der Waals surface area contributed by atoms with Gasteiger partial charge in [0.2, 0.25) is 5.88 Å². The van der Waals surface area contributed by atoms with Crippen molar-refractivity contribution in [3.8, 4) is 17.4 Å². The molecule has 3 atom stereocenters. The Hall–Kier alpha value is -4.03. The highest BCUT2D eigenvalue weighted by atomic mass is 19.4. The molecule has 2 fully saturated rings. The molecule has 2 bridgehead atoms. The number of piperidine rings is 1. The molecule has 4 aromatic rings. The average Bonchev–Trinajstić information content (AvgIpc) is 3.57. The first-order valence-electron chi connectivity index (χ1n) is 11.5. The number of halogens is 3. The van der Waals surface area contributed by atoms with Crippen molar-refractivity contribution in [3.63, 3.8) is 0 Å². The minimum absolute atomic E-state index is 0.331. The number of pyridine rings is 1. The van der Waals surface area contributed by atoms with Gasteiger partial charge in [-0.2, -0.15) is 18.3 Å². The monoisotopic (exact) mass is 498 g/mol. The first-order valence-corrected chi connectivity index (χ1v) is 11.5. The molecule has 6 heterocycles. The lowest BCUT2D eigenvalue weighted by molar-refractivity contribution is -0.191. The first-order chi connectivity index (χ1) is 17.3. The van der Waals surface area contributed by atoms with Gasteiger partial charge in [-0.1, -0.05) is 0 Å². The largest absolute Gasteiger partial charge is 0.474 e. The summed E-state index contributed by atoms with van der Waals surface area (Å²) in [5, 5.41) is 4.78. The van der Waals surface area contributed by atoms with Gasteiger partial charge >= 0.3 is 12.1 Å². The molecule has 1 amide bonds. The van der Waals surface area contributed by atoms with E-state index in [4.69, 9.17) is 4.74 Å². The van der Waals surface area contributed by atoms with E-state index in [0.717, 1.165) is 16.3 Å². The number of alkyl halides is 3. The molecule has 10 nitrogen and oxygen atoms in total. The Morgan fingerprint density at radius 3 is 2.53 bits per heavy atom. The highest BCUT2D eigenvalue weighted by Crippen LogP contribution is 2.40. The Balaban J connectivity index is 1.25. The number of ether oxygens (including phenoxy) is 1. The molecule has 0 aromatic carbocycles. The van der Waals surface area contributed by atoms with Crippen molar-refractivity contribution in [2.45, 2.75) is 57.0 Å². The smallest absolute Gasteiger partial charge is 0.471 e. The third kappa shape index (κ3) is 3.74. The molecule has 0 spiro atoms. The number of hydrogen-bond donors (Lipinski definition) is 0. The summed E-state index contributed by atoms with van der Waals surface area (Å²) < 4.78 is 48.8. The number of carbonyl (C=O) groups excluding carboxylic acids is 1. The Morgan fingerprint density at radius 1 is 1.08 bits per heavy atom. The normalized spacial score (nSPS) is 21.8. The third-order valence-electron chi connectivity index (χ3n) is 6.85. The van der Waals surface area contributed by atoms with Crippen LogP contribution in [0, 0.1) is 6.92 Å². The summed E-state index contributed by atoms with van der Waals surface area (Å²) in [4.78, 5) is 30.2. The predicted molar refractivity (Wildman–Crippen MR) is 120 cm³/mol. The Kier molecular flexibility index (Phi) is 5.16. The van der Waals surface area contributed by atoms with Gasteiger partial charge in [0, 0.05) is 31.1 Å². The van der Waals surface area contributed by atoms with Gasteiger partial charge in [0.25, 0.3) is 0 Å². The van der Waals surface area contributed by atoms with Crippen LogP contribution in [0.5, 0.6) is 5.88 Å². The van der Waals surface area contributed by atoms with Gasteiger partial charge in [0.05, 0.1) is 16.8 Å². The van der Waals surface area contributed by atoms with E-state index in [-0.39, 0.29) is 6.10 Å². The van der Waals surface area contributed by atoms with Gasteiger partial charge in [-0.05, 0) is 38.0 Å². The molecule has 36 heavy (non-hydrogen) atoms. The Morgan fingerprint density at radius 2 is 1.86 bits per heavy atom. The molecule has 0 radical (unpaired) electrons. The van der Waals surface area contributed by atoms with Crippen LogP contribution < -0.4 is 4.74 Å². The van der Waals surface area contributed by atoms with E-state index in [0.29, 0.717) is 48.4 Å². The van der Waals surface area contributed by atoms with Crippen LogP contribution in [0.4, 0.5) is 13.2 Å². The maximum Gasteiger partial charge on any atom is 0.471 e. The summed E-state index contributed by atoms with van der Waals surface area (Å²) in [5.41, 5.74) is 2.18. The van der Waals surface area contributed by atoms with E-state index in [1.165, 1.54) is 12.7 Å². The number of nitrogens with zero attached hydrogens (tertiary/aromatic N) is 8. The average molecular weight is 498 g/mol. The summed E-state index contributed by atoms with van der Waals surface area (Å²) >= 11 is 0. The predicted octanol–water partition coefficient (Wildman–Crippen LogP) is 3.17. The SMILES string of the molecule is Cc1nc(-n2cncn2)ccc1-n1ccc2c(OC3CC4CC[C@@H](C3)N4C(=O)C(F)(F)F)ncnc21. The summed E-state index contributed by atoms with van der Waals surface area (Å²) in [7, 11) is 0. The zero-order chi connectivity index (χ0) is 25.0. The summed E-state index contributed by atoms with van der Waals surface area (Å²) in [5.74, 6) is -0.758. The number of aromatic nitrogens is 7. The van der Waals surface area contributed by atoms with E-state index >= 15 is 0 Å². The second-order valence-electron chi connectivity index (χ2n) is 9.02. The number of rotatable bonds is 4. The van der Waals surface area contributed by atoms with Crippen molar-refractivity contribution in [2.24, 2.45) is 0 Å². The Labute approximate surface area is 202 Å². The first kappa shape index (κ1) is 22.4. The molecule has 2 unspecified atom stereocenters.